The summed E-state index contributed by atoms with van der Waals surface area (Å²) in [5.41, 5.74) is 2.15. The molecule has 1 aromatic carbocycles. The second-order valence-corrected chi connectivity index (χ2v) is 5.41. The molecule has 2 nitrogen and oxygen atoms in total. The molecule has 0 radical (unpaired) electrons. The average molecular weight is 295 g/mol. The quantitative estimate of drug-likeness (QED) is 0.876. The van der Waals surface area contributed by atoms with E-state index in [9.17, 15) is 0 Å². The maximum absolute atomic E-state index is 6.21. The lowest BCUT2D eigenvalue weighted by Crippen LogP contribution is -2.22. The van der Waals surface area contributed by atoms with Crippen LogP contribution in [-0.4, -0.2) is 4.98 Å². The van der Waals surface area contributed by atoms with Crippen molar-refractivity contribution in [3.63, 3.8) is 0 Å². The Balaban J connectivity index is 2.13. The number of pyridine rings is 1. The second-order valence-electron chi connectivity index (χ2n) is 4.56. The largest absolute Gasteiger partial charge is 0.304 e. The van der Waals surface area contributed by atoms with Gasteiger partial charge in [0.2, 0.25) is 0 Å². The molecule has 4 heteroatoms. The first-order valence-electron chi connectivity index (χ1n) is 6.19. The molecule has 0 spiro atoms. The summed E-state index contributed by atoms with van der Waals surface area (Å²) in [6.07, 6.45) is 3.64. The SMILES string of the molecule is CC(NC(C)c1cc(Cl)ccc1Cl)c1cccnc1. The molecule has 0 saturated heterocycles. The Bertz CT molecular complexity index is 543. The van der Waals surface area contributed by atoms with Crippen molar-refractivity contribution in [2.45, 2.75) is 25.9 Å². The standard InChI is InChI=1S/C15H16Cl2N2/c1-10(12-4-3-7-18-9-12)19-11(2)14-8-13(16)5-6-15(14)17/h3-11,19H,1-2H3. The van der Waals surface area contributed by atoms with E-state index in [1.807, 2.05) is 24.4 Å². The lowest BCUT2D eigenvalue weighted by Gasteiger charge is -2.21. The summed E-state index contributed by atoms with van der Waals surface area (Å²) in [5, 5.41) is 4.92. The van der Waals surface area contributed by atoms with Crippen LogP contribution in [-0.2, 0) is 0 Å². The number of benzene rings is 1. The van der Waals surface area contributed by atoms with Gasteiger partial charge in [0.15, 0.2) is 0 Å². The van der Waals surface area contributed by atoms with Crippen LogP contribution in [0.3, 0.4) is 0 Å². The molecule has 1 aromatic heterocycles. The van der Waals surface area contributed by atoms with Gasteiger partial charge >= 0.3 is 0 Å². The van der Waals surface area contributed by atoms with Crippen LogP contribution in [0.5, 0.6) is 0 Å². The Labute approximate surface area is 123 Å². The molecule has 2 unspecified atom stereocenters. The number of hydrogen-bond acceptors (Lipinski definition) is 2. The van der Waals surface area contributed by atoms with Crippen molar-refractivity contribution in [3.8, 4) is 0 Å². The van der Waals surface area contributed by atoms with E-state index in [0.29, 0.717) is 5.02 Å². The molecule has 0 aliphatic carbocycles. The number of nitrogens with one attached hydrogen (secondary N) is 1. The molecular formula is C15H16Cl2N2. The van der Waals surface area contributed by atoms with Gasteiger partial charge in [0.1, 0.15) is 0 Å². The van der Waals surface area contributed by atoms with E-state index in [2.05, 4.69) is 30.2 Å². The molecule has 0 fully saturated rings. The van der Waals surface area contributed by atoms with E-state index in [0.717, 1.165) is 16.1 Å². The summed E-state index contributed by atoms with van der Waals surface area (Å²) in [5.74, 6) is 0. The predicted octanol–water partition coefficient (Wildman–Crippen LogP) is 4.80. The zero-order valence-electron chi connectivity index (χ0n) is 10.9. The van der Waals surface area contributed by atoms with Crippen LogP contribution in [0.4, 0.5) is 0 Å². The number of hydrogen-bond donors (Lipinski definition) is 1. The topological polar surface area (TPSA) is 24.9 Å². The van der Waals surface area contributed by atoms with Gasteiger partial charge in [-0.05, 0) is 49.2 Å². The van der Waals surface area contributed by atoms with Crippen molar-refractivity contribution < 1.29 is 0 Å². The van der Waals surface area contributed by atoms with Gasteiger partial charge in [-0.3, -0.25) is 4.98 Å². The minimum absolute atomic E-state index is 0.112. The van der Waals surface area contributed by atoms with Crippen molar-refractivity contribution >= 4 is 23.2 Å². The van der Waals surface area contributed by atoms with E-state index < -0.39 is 0 Å². The van der Waals surface area contributed by atoms with Gasteiger partial charge in [0, 0.05) is 34.5 Å². The Morgan fingerprint density at radius 3 is 2.58 bits per heavy atom. The fraction of sp³-hybridized carbons (Fsp3) is 0.267. The molecule has 0 aliphatic heterocycles. The van der Waals surface area contributed by atoms with Crippen molar-refractivity contribution in [3.05, 3.63) is 63.9 Å². The third-order valence-corrected chi connectivity index (χ3v) is 3.69. The monoisotopic (exact) mass is 294 g/mol. The molecule has 2 aromatic rings. The van der Waals surface area contributed by atoms with Crippen molar-refractivity contribution in [2.24, 2.45) is 0 Å². The van der Waals surface area contributed by atoms with Gasteiger partial charge in [0.05, 0.1) is 0 Å². The Hall–Kier alpha value is -1.09. The number of aromatic nitrogens is 1. The summed E-state index contributed by atoms with van der Waals surface area (Å²) in [6.45, 7) is 4.18. The minimum atomic E-state index is 0.112. The van der Waals surface area contributed by atoms with Crippen LogP contribution in [0.15, 0.2) is 42.7 Å². The molecule has 19 heavy (non-hydrogen) atoms. The highest BCUT2D eigenvalue weighted by atomic mass is 35.5. The summed E-state index contributed by atoms with van der Waals surface area (Å²) < 4.78 is 0. The molecular weight excluding hydrogens is 279 g/mol. The molecule has 1 N–H and O–H groups in total. The van der Waals surface area contributed by atoms with Crippen LogP contribution < -0.4 is 5.32 Å². The third-order valence-electron chi connectivity index (χ3n) is 3.11. The first kappa shape index (κ1) is 14.3. The molecule has 0 aliphatic rings. The molecule has 0 amide bonds. The van der Waals surface area contributed by atoms with E-state index in [4.69, 9.17) is 23.2 Å². The summed E-state index contributed by atoms with van der Waals surface area (Å²) in [7, 11) is 0. The number of rotatable bonds is 4. The van der Waals surface area contributed by atoms with Crippen molar-refractivity contribution in [2.75, 3.05) is 0 Å². The molecule has 2 rings (SSSR count). The molecule has 2 atom stereocenters. The normalized spacial score (nSPS) is 14.1. The Morgan fingerprint density at radius 2 is 1.89 bits per heavy atom. The zero-order valence-corrected chi connectivity index (χ0v) is 12.4. The summed E-state index contributed by atoms with van der Waals surface area (Å²) in [6, 6.07) is 9.82. The highest BCUT2D eigenvalue weighted by Crippen LogP contribution is 2.27. The summed E-state index contributed by atoms with van der Waals surface area (Å²) in [4.78, 5) is 4.13. The predicted molar refractivity (Wildman–Crippen MR) is 80.7 cm³/mol. The van der Waals surface area contributed by atoms with E-state index in [-0.39, 0.29) is 12.1 Å². The van der Waals surface area contributed by atoms with Crippen molar-refractivity contribution in [1.82, 2.24) is 10.3 Å². The lowest BCUT2D eigenvalue weighted by molar-refractivity contribution is 0.494. The van der Waals surface area contributed by atoms with E-state index in [1.165, 1.54) is 0 Å². The maximum atomic E-state index is 6.21. The molecule has 0 bridgehead atoms. The van der Waals surface area contributed by atoms with Crippen LogP contribution >= 0.6 is 23.2 Å². The summed E-state index contributed by atoms with van der Waals surface area (Å²) >= 11 is 12.2. The highest BCUT2D eigenvalue weighted by Gasteiger charge is 2.14. The van der Waals surface area contributed by atoms with Gasteiger partial charge in [0.25, 0.3) is 0 Å². The Morgan fingerprint density at radius 1 is 1.11 bits per heavy atom. The van der Waals surface area contributed by atoms with Gasteiger partial charge in [-0.15, -0.1) is 0 Å². The maximum Gasteiger partial charge on any atom is 0.0454 e. The minimum Gasteiger partial charge on any atom is -0.304 e. The fourth-order valence-corrected chi connectivity index (χ4v) is 2.50. The van der Waals surface area contributed by atoms with Crippen LogP contribution in [0, 0.1) is 0 Å². The van der Waals surface area contributed by atoms with Crippen LogP contribution in [0.2, 0.25) is 10.0 Å². The average Bonchev–Trinajstić information content (AvgIpc) is 2.42. The van der Waals surface area contributed by atoms with Crippen LogP contribution in [0.25, 0.3) is 0 Å². The highest BCUT2D eigenvalue weighted by molar-refractivity contribution is 6.33. The van der Waals surface area contributed by atoms with Gasteiger partial charge in [-0.2, -0.15) is 0 Å². The fourth-order valence-electron chi connectivity index (χ4n) is 2.04. The zero-order chi connectivity index (χ0) is 13.8. The van der Waals surface area contributed by atoms with E-state index >= 15 is 0 Å². The third kappa shape index (κ3) is 3.69. The molecule has 1 heterocycles. The Kier molecular flexibility index (Phi) is 4.81. The first-order chi connectivity index (χ1) is 9.08. The van der Waals surface area contributed by atoms with E-state index in [1.54, 1.807) is 12.3 Å². The van der Waals surface area contributed by atoms with Crippen molar-refractivity contribution in [1.29, 1.82) is 0 Å². The second kappa shape index (κ2) is 6.38. The molecule has 0 saturated carbocycles. The van der Waals surface area contributed by atoms with Gasteiger partial charge in [-0.1, -0.05) is 29.3 Å². The lowest BCUT2D eigenvalue weighted by atomic mass is 10.1. The number of halogens is 2. The number of nitrogens with zero attached hydrogens (tertiary/aromatic N) is 1. The molecule has 100 valence electrons. The van der Waals surface area contributed by atoms with Gasteiger partial charge < -0.3 is 5.32 Å². The van der Waals surface area contributed by atoms with Gasteiger partial charge in [-0.25, -0.2) is 0 Å². The smallest absolute Gasteiger partial charge is 0.0454 e. The first-order valence-corrected chi connectivity index (χ1v) is 6.94. The van der Waals surface area contributed by atoms with Crippen LogP contribution in [0.1, 0.15) is 37.1 Å².